The van der Waals surface area contributed by atoms with Crippen molar-refractivity contribution in [3.05, 3.63) is 20.7 Å². The Labute approximate surface area is 77.9 Å². The smallest absolute Gasteiger partial charge is 0.252 e. The molecule has 1 aliphatic heterocycles. The van der Waals surface area contributed by atoms with E-state index in [1.54, 1.807) is 11.2 Å². The van der Waals surface area contributed by atoms with E-state index in [0.717, 1.165) is 14.5 Å². The second kappa shape index (κ2) is 2.39. The van der Waals surface area contributed by atoms with Crippen molar-refractivity contribution in [2.45, 2.75) is 0 Å². The highest BCUT2D eigenvalue weighted by Gasteiger charge is 2.17. The Hall–Kier alpha value is -0.740. The summed E-state index contributed by atoms with van der Waals surface area (Å²) in [5, 5.41) is 6.93. The van der Waals surface area contributed by atoms with Crippen molar-refractivity contribution in [1.82, 2.24) is 9.99 Å². The molecule has 0 saturated carbocycles. The summed E-state index contributed by atoms with van der Waals surface area (Å²) in [5.41, 5.74) is 0.910. The van der Waals surface area contributed by atoms with Crippen molar-refractivity contribution in [1.29, 1.82) is 0 Å². The van der Waals surface area contributed by atoms with Gasteiger partial charge >= 0.3 is 0 Å². The number of hydrazone groups is 1. The summed E-state index contributed by atoms with van der Waals surface area (Å²) < 4.78 is 1.05. The first-order valence-corrected chi connectivity index (χ1v) is 4.21. The fourth-order valence-electron chi connectivity index (χ4n) is 0.929. The van der Waals surface area contributed by atoms with Gasteiger partial charge in [-0.25, -0.2) is 0 Å². The van der Waals surface area contributed by atoms with Gasteiger partial charge in [-0.2, -0.15) is 5.10 Å². The highest BCUT2D eigenvalue weighted by Crippen LogP contribution is 2.00. The highest BCUT2D eigenvalue weighted by atomic mass is 127. The van der Waals surface area contributed by atoms with Crippen molar-refractivity contribution < 1.29 is 0 Å². The maximum atomic E-state index is 4.05. The van der Waals surface area contributed by atoms with Crippen LogP contribution in [0.3, 0.4) is 0 Å². The van der Waals surface area contributed by atoms with Crippen LogP contribution in [0.1, 0.15) is 5.69 Å². The molecule has 0 atom stereocenters. The molecule has 54 valence electrons. The summed E-state index contributed by atoms with van der Waals surface area (Å²) in [6.07, 6.45) is 6.58. The van der Waals surface area contributed by atoms with Crippen LogP contribution >= 0.6 is 22.6 Å². The lowest BCUT2D eigenvalue weighted by atomic mass is 10.3. The SMILES string of the molecule is CN1C=c2c(I)[c+]nc2C=N1. The Morgan fingerprint density at radius 1 is 1.64 bits per heavy atom. The Bertz CT molecular complexity index is 358. The zero-order valence-electron chi connectivity index (χ0n) is 5.87. The molecule has 0 aromatic carbocycles. The molecule has 0 N–H and O–H groups in total. The van der Waals surface area contributed by atoms with Gasteiger partial charge in [-0.3, -0.25) is 5.01 Å². The number of hydrogen-bond acceptors (Lipinski definition) is 3. The Morgan fingerprint density at radius 3 is 3.27 bits per heavy atom. The molecule has 0 radical (unpaired) electrons. The van der Waals surface area contributed by atoms with E-state index < -0.39 is 0 Å². The second-order valence-electron chi connectivity index (χ2n) is 2.28. The van der Waals surface area contributed by atoms with Crippen LogP contribution in [-0.4, -0.2) is 23.3 Å². The first kappa shape index (κ1) is 6.94. The maximum absolute atomic E-state index is 4.05. The van der Waals surface area contributed by atoms with Crippen LogP contribution in [-0.2, 0) is 0 Å². The monoisotopic (exact) mass is 258 g/mol. The predicted octanol–water partition coefficient (Wildman–Crippen LogP) is 0.223. The molecular weight excluding hydrogens is 253 g/mol. The fourth-order valence-corrected chi connectivity index (χ4v) is 1.47. The summed E-state index contributed by atoms with van der Waals surface area (Å²) in [6.45, 7) is 0. The van der Waals surface area contributed by atoms with Gasteiger partial charge in [0, 0.05) is 29.6 Å². The summed E-state index contributed by atoms with van der Waals surface area (Å²) in [5.74, 6) is 0. The predicted molar refractivity (Wildman–Crippen MR) is 50.8 cm³/mol. The van der Waals surface area contributed by atoms with E-state index in [1.165, 1.54) is 0 Å². The topological polar surface area (TPSA) is 28.5 Å². The minimum Gasteiger partial charge on any atom is -0.259 e. The Kier molecular flexibility index (Phi) is 1.51. The van der Waals surface area contributed by atoms with Gasteiger partial charge in [0.1, 0.15) is 12.4 Å². The summed E-state index contributed by atoms with van der Waals surface area (Å²) >= 11 is 2.21. The third kappa shape index (κ3) is 1.08. The van der Waals surface area contributed by atoms with Crippen LogP contribution in [0.25, 0.3) is 6.20 Å². The minimum atomic E-state index is 0.910. The molecule has 2 rings (SSSR count). The van der Waals surface area contributed by atoms with Gasteiger partial charge < -0.3 is 0 Å². The molecule has 0 unspecified atom stereocenters. The van der Waals surface area contributed by atoms with Crippen molar-refractivity contribution in [2.75, 3.05) is 7.05 Å². The average molecular weight is 258 g/mol. The lowest BCUT2D eigenvalue weighted by Gasteiger charge is -2.03. The first-order valence-electron chi connectivity index (χ1n) is 3.13. The summed E-state index contributed by atoms with van der Waals surface area (Å²) in [7, 11) is 1.89. The van der Waals surface area contributed by atoms with E-state index in [1.807, 2.05) is 13.2 Å². The number of halogens is 1. The number of rotatable bonds is 0. The van der Waals surface area contributed by atoms with E-state index in [9.17, 15) is 0 Å². The zero-order chi connectivity index (χ0) is 7.84. The quantitative estimate of drug-likeness (QED) is 0.492. The van der Waals surface area contributed by atoms with Gasteiger partial charge in [-0.1, -0.05) is 0 Å². The van der Waals surface area contributed by atoms with Crippen molar-refractivity contribution in [3.8, 4) is 0 Å². The van der Waals surface area contributed by atoms with Gasteiger partial charge in [0.2, 0.25) is 3.57 Å². The molecule has 0 saturated heterocycles. The Balaban J connectivity index is 2.70. The third-order valence-electron chi connectivity index (χ3n) is 1.47. The lowest BCUT2D eigenvalue weighted by molar-refractivity contribution is 0.535. The molecule has 2 heterocycles. The van der Waals surface area contributed by atoms with Crippen molar-refractivity contribution in [2.24, 2.45) is 5.10 Å². The number of fused-ring (bicyclic) bond motifs is 1. The zero-order valence-corrected chi connectivity index (χ0v) is 8.03. The second-order valence-corrected chi connectivity index (χ2v) is 3.36. The van der Waals surface area contributed by atoms with E-state index >= 15 is 0 Å². The van der Waals surface area contributed by atoms with E-state index in [2.05, 4.69) is 38.9 Å². The van der Waals surface area contributed by atoms with E-state index in [4.69, 9.17) is 0 Å². The molecule has 3 nitrogen and oxygen atoms in total. The fraction of sp³-hybridized carbons (Fsp3) is 0.143. The van der Waals surface area contributed by atoms with Gasteiger partial charge in [0.05, 0.1) is 0 Å². The van der Waals surface area contributed by atoms with Crippen LogP contribution < -0.4 is 5.22 Å². The molecule has 1 aromatic rings. The average Bonchev–Trinajstić information content (AvgIpc) is 2.33. The molecule has 4 heteroatoms. The van der Waals surface area contributed by atoms with Crippen LogP contribution in [0, 0.1) is 9.77 Å². The molecule has 1 aliphatic rings. The van der Waals surface area contributed by atoms with Gasteiger partial charge in [-0.05, 0) is 4.98 Å². The molecule has 0 fully saturated rings. The molecule has 11 heavy (non-hydrogen) atoms. The minimum absolute atomic E-state index is 0.910. The summed E-state index contributed by atoms with van der Waals surface area (Å²) in [6, 6.07) is 0. The number of hydrogen-bond donors (Lipinski definition) is 0. The molecule has 0 amide bonds. The normalized spacial score (nSPS) is 14.2. The largest absolute Gasteiger partial charge is 0.259 e. The molecule has 0 bridgehead atoms. The maximum Gasteiger partial charge on any atom is 0.252 e. The van der Waals surface area contributed by atoms with Gasteiger partial charge in [0.15, 0.2) is 11.4 Å². The summed E-state index contributed by atoms with van der Waals surface area (Å²) in [4.78, 5) is 4.05. The van der Waals surface area contributed by atoms with Crippen LogP contribution in [0.4, 0.5) is 0 Å². The highest BCUT2D eigenvalue weighted by molar-refractivity contribution is 14.1. The molecule has 0 spiro atoms. The lowest BCUT2D eigenvalue weighted by Crippen LogP contribution is -2.19. The van der Waals surface area contributed by atoms with Crippen molar-refractivity contribution >= 4 is 35.0 Å². The third-order valence-corrected chi connectivity index (χ3v) is 2.29. The van der Waals surface area contributed by atoms with Gasteiger partial charge in [-0.15, -0.1) is 0 Å². The standard InChI is InChI=1S/C7H5IN3/c1-11-4-5-6(8)2-9-7(5)3-10-11/h3-4H,1H3/q+1. The Morgan fingerprint density at radius 2 is 2.45 bits per heavy atom. The number of nitrogens with zero attached hydrogens (tertiary/aromatic N) is 3. The molecular formula is C7H5IN3+. The van der Waals surface area contributed by atoms with E-state index in [-0.39, 0.29) is 0 Å². The van der Waals surface area contributed by atoms with Crippen LogP contribution in [0.5, 0.6) is 0 Å². The van der Waals surface area contributed by atoms with Crippen molar-refractivity contribution in [3.63, 3.8) is 0 Å². The van der Waals surface area contributed by atoms with Gasteiger partial charge in [0.25, 0.3) is 5.69 Å². The molecule has 0 aliphatic carbocycles. The number of aromatic nitrogens is 1. The first-order chi connectivity index (χ1) is 5.27. The van der Waals surface area contributed by atoms with E-state index in [0.29, 0.717) is 0 Å². The van der Waals surface area contributed by atoms with Crippen LogP contribution in [0.15, 0.2) is 5.10 Å². The molecule has 1 aromatic heterocycles. The van der Waals surface area contributed by atoms with Crippen LogP contribution in [0.2, 0.25) is 0 Å².